The van der Waals surface area contributed by atoms with E-state index in [9.17, 15) is 4.79 Å². The van der Waals surface area contributed by atoms with Crippen LogP contribution in [0.4, 0.5) is 5.69 Å². The number of nitrogens with one attached hydrogen (secondary N) is 1. The van der Waals surface area contributed by atoms with E-state index in [-0.39, 0.29) is 11.9 Å². The summed E-state index contributed by atoms with van der Waals surface area (Å²) in [4.78, 5) is 14.2. The van der Waals surface area contributed by atoms with Crippen molar-refractivity contribution in [2.24, 2.45) is 0 Å². The van der Waals surface area contributed by atoms with Gasteiger partial charge in [0, 0.05) is 23.8 Å². The van der Waals surface area contributed by atoms with Crippen molar-refractivity contribution >= 4 is 23.2 Å². The van der Waals surface area contributed by atoms with E-state index in [1.165, 1.54) is 0 Å². The number of morpholine rings is 1. The number of halogens is 1. The van der Waals surface area contributed by atoms with Crippen molar-refractivity contribution < 1.29 is 9.53 Å². The predicted molar refractivity (Wildman–Crippen MR) is 71.9 cm³/mol. The van der Waals surface area contributed by atoms with Crippen LogP contribution in [-0.2, 0) is 9.53 Å². The molecule has 4 nitrogen and oxygen atoms in total. The van der Waals surface area contributed by atoms with Crippen LogP contribution >= 0.6 is 11.6 Å². The topological polar surface area (TPSA) is 41.6 Å². The van der Waals surface area contributed by atoms with Crippen molar-refractivity contribution in [2.45, 2.75) is 13.0 Å². The number of anilines is 1. The highest BCUT2D eigenvalue weighted by Crippen LogP contribution is 2.15. The zero-order valence-corrected chi connectivity index (χ0v) is 11.1. The molecule has 1 N–H and O–H groups in total. The molecule has 1 heterocycles. The second-order valence-corrected chi connectivity index (χ2v) is 4.76. The molecular formula is C13H17ClN2O2. The predicted octanol–water partition coefficient (Wildman–Crippen LogP) is 2.00. The van der Waals surface area contributed by atoms with E-state index < -0.39 is 0 Å². The maximum atomic E-state index is 12.1. The van der Waals surface area contributed by atoms with E-state index in [0.29, 0.717) is 18.2 Å². The highest BCUT2D eigenvalue weighted by Gasteiger charge is 2.22. The molecule has 2 rings (SSSR count). The first-order valence-corrected chi connectivity index (χ1v) is 6.43. The molecule has 1 aromatic rings. The first kappa shape index (κ1) is 13.3. The summed E-state index contributed by atoms with van der Waals surface area (Å²) in [5, 5.41) is 3.49. The van der Waals surface area contributed by atoms with Crippen molar-refractivity contribution in [3.8, 4) is 0 Å². The minimum atomic E-state index is -0.159. The van der Waals surface area contributed by atoms with Crippen LogP contribution in [0.2, 0.25) is 5.02 Å². The number of rotatable bonds is 3. The second-order valence-electron chi connectivity index (χ2n) is 4.32. The average molecular weight is 269 g/mol. The molecule has 0 saturated carbocycles. The third-order valence-electron chi connectivity index (χ3n) is 3.06. The Labute approximate surface area is 112 Å². The first-order chi connectivity index (χ1) is 8.66. The molecule has 0 unspecified atom stereocenters. The fourth-order valence-electron chi connectivity index (χ4n) is 1.94. The lowest BCUT2D eigenvalue weighted by Gasteiger charge is -2.31. The summed E-state index contributed by atoms with van der Waals surface area (Å²) in [6.07, 6.45) is 0. The molecule has 1 fully saturated rings. The summed E-state index contributed by atoms with van der Waals surface area (Å²) in [5.41, 5.74) is 0.729. The second kappa shape index (κ2) is 6.18. The highest BCUT2D eigenvalue weighted by molar-refractivity contribution is 6.30. The quantitative estimate of drug-likeness (QED) is 0.912. The van der Waals surface area contributed by atoms with Gasteiger partial charge in [0.1, 0.15) is 0 Å². The third-order valence-corrected chi connectivity index (χ3v) is 3.30. The van der Waals surface area contributed by atoms with Crippen LogP contribution in [0.15, 0.2) is 24.3 Å². The van der Waals surface area contributed by atoms with Crippen molar-refractivity contribution in [3.05, 3.63) is 29.3 Å². The number of hydrogen-bond donors (Lipinski definition) is 1. The molecule has 1 atom stereocenters. The lowest BCUT2D eigenvalue weighted by atomic mass is 10.2. The highest BCUT2D eigenvalue weighted by atomic mass is 35.5. The van der Waals surface area contributed by atoms with Crippen LogP contribution in [0.3, 0.4) is 0 Å². The fraction of sp³-hybridized carbons (Fsp3) is 0.462. The van der Waals surface area contributed by atoms with Gasteiger partial charge in [-0.3, -0.25) is 9.69 Å². The van der Waals surface area contributed by atoms with Crippen LogP contribution in [0.1, 0.15) is 6.92 Å². The number of carbonyl (C=O) groups is 1. The number of nitrogens with zero attached hydrogens (tertiary/aromatic N) is 1. The summed E-state index contributed by atoms with van der Waals surface area (Å²) in [7, 11) is 0. The SMILES string of the molecule is C[C@H](C(=O)Nc1cccc(Cl)c1)N1CCOCC1. The zero-order valence-electron chi connectivity index (χ0n) is 10.4. The number of carbonyl (C=O) groups excluding carboxylic acids is 1. The Hall–Kier alpha value is -1.10. The van der Waals surface area contributed by atoms with Gasteiger partial charge in [-0.1, -0.05) is 17.7 Å². The zero-order chi connectivity index (χ0) is 13.0. The molecule has 1 saturated heterocycles. The summed E-state index contributed by atoms with van der Waals surface area (Å²) in [6, 6.07) is 7.01. The molecule has 1 amide bonds. The van der Waals surface area contributed by atoms with Gasteiger partial charge in [0.15, 0.2) is 0 Å². The van der Waals surface area contributed by atoms with E-state index >= 15 is 0 Å². The Bertz CT molecular complexity index is 419. The summed E-state index contributed by atoms with van der Waals surface area (Å²) >= 11 is 5.88. The van der Waals surface area contributed by atoms with E-state index in [2.05, 4.69) is 10.2 Å². The van der Waals surface area contributed by atoms with Gasteiger partial charge in [0.2, 0.25) is 5.91 Å². The maximum Gasteiger partial charge on any atom is 0.241 e. The first-order valence-electron chi connectivity index (χ1n) is 6.05. The Kier molecular flexibility index (Phi) is 4.58. The number of ether oxygens (including phenoxy) is 1. The molecule has 1 aliphatic heterocycles. The van der Waals surface area contributed by atoms with E-state index in [1.807, 2.05) is 19.1 Å². The van der Waals surface area contributed by atoms with Crippen molar-refractivity contribution in [1.82, 2.24) is 4.90 Å². The Morgan fingerprint density at radius 2 is 2.17 bits per heavy atom. The fourth-order valence-corrected chi connectivity index (χ4v) is 2.13. The maximum absolute atomic E-state index is 12.1. The third kappa shape index (κ3) is 3.45. The van der Waals surface area contributed by atoms with Crippen LogP contribution in [0, 0.1) is 0 Å². The molecule has 0 radical (unpaired) electrons. The van der Waals surface area contributed by atoms with Crippen LogP contribution in [-0.4, -0.2) is 43.2 Å². The number of amides is 1. The molecule has 98 valence electrons. The number of hydrogen-bond acceptors (Lipinski definition) is 3. The monoisotopic (exact) mass is 268 g/mol. The van der Waals surface area contributed by atoms with Crippen LogP contribution in [0.5, 0.6) is 0 Å². The molecule has 1 aliphatic rings. The normalized spacial score (nSPS) is 18.3. The summed E-state index contributed by atoms with van der Waals surface area (Å²) in [6.45, 7) is 4.88. The van der Waals surface area contributed by atoms with Gasteiger partial charge in [0.05, 0.1) is 19.3 Å². The van der Waals surface area contributed by atoms with Crippen LogP contribution in [0.25, 0.3) is 0 Å². The molecule has 0 bridgehead atoms. The van der Waals surface area contributed by atoms with Crippen molar-refractivity contribution in [1.29, 1.82) is 0 Å². The molecule has 0 aromatic heterocycles. The largest absolute Gasteiger partial charge is 0.379 e. The minimum absolute atomic E-state index is 0.0147. The molecule has 0 aliphatic carbocycles. The van der Waals surface area contributed by atoms with Gasteiger partial charge in [-0.05, 0) is 25.1 Å². The molecule has 1 aromatic carbocycles. The van der Waals surface area contributed by atoms with E-state index in [1.54, 1.807) is 12.1 Å². The van der Waals surface area contributed by atoms with E-state index in [4.69, 9.17) is 16.3 Å². The van der Waals surface area contributed by atoms with E-state index in [0.717, 1.165) is 18.8 Å². The van der Waals surface area contributed by atoms with Gasteiger partial charge in [-0.2, -0.15) is 0 Å². The summed E-state index contributed by atoms with van der Waals surface area (Å²) in [5.74, 6) is -0.0147. The average Bonchev–Trinajstić information content (AvgIpc) is 2.39. The number of benzene rings is 1. The Balaban J connectivity index is 1.94. The van der Waals surface area contributed by atoms with Crippen molar-refractivity contribution in [3.63, 3.8) is 0 Å². The molecule has 18 heavy (non-hydrogen) atoms. The van der Waals surface area contributed by atoms with Gasteiger partial charge < -0.3 is 10.1 Å². The minimum Gasteiger partial charge on any atom is -0.379 e. The Morgan fingerprint density at radius 1 is 1.44 bits per heavy atom. The van der Waals surface area contributed by atoms with Crippen LogP contribution < -0.4 is 5.32 Å². The lowest BCUT2D eigenvalue weighted by molar-refractivity contribution is -0.122. The standard InChI is InChI=1S/C13H17ClN2O2/c1-10(16-5-7-18-8-6-16)13(17)15-12-4-2-3-11(14)9-12/h2-4,9-10H,5-8H2,1H3,(H,15,17)/t10-/m1/s1. The Morgan fingerprint density at radius 3 is 2.83 bits per heavy atom. The van der Waals surface area contributed by atoms with Gasteiger partial charge in [0.25, 0.3) is 0 Å². The molecule has 5 heteroatoms. The lowest BCUT2D eigenvalue weighted by Crippen LogP contribution is -2.47. The van der Waals surface area contributed by atoms with Gasteiger partial charge in [-0.15, -0.1) is 0 Å². The smallest absolute Gasteiger partial charge is 0.241 e. The molecular weight excluding hydrogens is 252 g/mol. The summed E-state index contributed by atoms with van der Waals surface area (Å²) < 4.78 is 5.27. The van der Waals surface area contributed by atoms with Gasteiger partial charge >= 0.3 is 0 Å². The van der Waals surface area contributed by atoms with Gasteiger partial charge in [-0.25, -0.2) is 0 Å². The molecule has 0 spiro atoms. The van der Waals surface area contributed by atoms with Crippen molar-refractivity contribution in [2.75, 3.05) is 31.6 Å².